The van der Waals surface area contributed by atoms with Crippen molar-refractivity contribution in [2.45, 2.75) is 61.8 Å². The smallest absolute Gasteiger partial charge is 0.233 e. The number of nitrogens with one attached hydrogen (secondary N) is 1. The van der Waals surface area contributed by atoms with Gasteiger partial charge in [0.1, 0.15) is 11.6 Å². The van der Waals surface area contributed by atoms with E-state index in [9.17, 15) is 18.4 Å². The molecule has 4 nitrogen and oxygen atoms in total. The molecule has 1 N–H and O–H groups in total. The molecule has 3 fully saturated rings. The molecule has 2 saturated heterocycles. The molecule has 2 atom stereocenters. The van der Waals surface area contributed by atoms with E-state index < -0.39 is 11.0 Å². The molecule has 1 aliphatic carbocycles. The number of amides is 2. The molecule has 1 spiro atoms. The minimum Gasteiger partial charge on any atom is -0.348 e. The minimum absolute atomic E-state index is 0.00120. The zero-order chi connectivity index (χ0) is 22.3. The molecule has 2 aromatic carbocycles. The number of benzene rings is 2. The van der Waals surface area contributed by atoms with E-state index in [-0.39, 0.29) is 29.4 Å². The van der Waals surface area contributed by atoms with Crippen LogP contribution in [0.15, 0.2) is 48.5 Å². The van der Waals surface area contributed by atoms with Crippen LogP contribution in [0.4, 0.5) is 8.78 Å². The number of piperidine rings is 1. The van der Waals surface area contributed by atoms with Crippen LogP contribution in [-0.2, 0) is 15.0 Å². The van der Waals surface area contributed by atoms with Gasteiger partial charge in [0, 0.05) is 25.4 Å². The second kappa shape index (κ2) is 7.98. The summed E-state index contributed by atoms with van der Waals surface area (Å²) in [4.78, 5) is 28.3. The summed E-state index contributed by atoms with van der Waals surface area (Å²) in [7, 11) is 0. The molecule has 0 aromatic heterocycles. The van der Waals surface area contributed by atoms with Crippen LogP contribution in [0.3, 0.4) is 0 Å². The maximum absolute atomic E-state index is 14.1. The third kappa shape index (κ3) is 3.50. The zero-order valence-corrected chi connectivity index (χ0v) is 18.1. The fraction of sp³-hybridized carbons (Fsp3) is 0.462. The normalized spacial score (nSPS) is 27.0. The largest absolute Gasteiger partial charge is 0.348 e. The Labute approximate surface area is 187 Å². The van der Waals surface area contributed by atoms with Gasteiger partial charge in [0.2, 0.25) is 11.8 Å². The highest BCUT2D eigenvalue weighted by molar-refractivity contribution is 5.89. The van der Waals surface area contributed by atoms with Crippen LogP contribution in [0.1, 0.15) is 62.0 Å². The summed E-state index contributed by atoms with van der Waals surface area (Å²) in [6, 6.07) is 12.9. The van der Waals surface area contributed by atoms with E-state index in [1.165, 1.54) is 24.3 Å². The Hall–Kier alpha value is -2.76. The van der Waals surface area contributed by atoms with E-state index in [1.54, 1.807) is 12.1 Å². The van der Waals surface area contributed by atoms with Crippen molar-refractivity contribution in [2.75, 3.05) is 13.1 Å². The first-order chi connectivity index (χ1) is 15.4. The van der Waals surface area contributed by atoms with Gasteiger partial charge in [-0.1, -0.05) is 37.1 Å². The van der Waals surface area contributed by atoms with Gasteiger partial charge in [-0.2, -0.15) is 0 Å². The molecular formula is C26H28F2N2O2. The number of rotatable bonds is 3. The lowest BCUT2D eigenvalue weighted by atomic mass is 9.76. The maximum atomic E-state index is 14.1. The number of hydrogen-bond donors (Lipinski definition) is 1. The fourth-order valence-corrected chi connectivity index (χ4v) is 6.25. The Balaban J connectivity index is 1.52. The van der Waals surface area contributed by atoms with Crippen LogP contribution >= 0.6 is 0 Å². The van der Waals surface area contributed by atoms with Gasteiger partial charge in [0.05, 0.1) is 11.0 Å². The van der Waals surface area contributed by atoms with Gasteiger partial charge in [-0.25, -0.2) is 8.78 Å². The van der Waals surface area contributed by atoms with Gasteiger partial charge in [0.15, 0.2) is 0 Å². The number of hydrogen-bond acceptors (Lipinski definition) is 2. The van der Waals surface area contributed by atoms with E-state index in [2.05, 4.69) is 5.32 Å². The molecule has 32 heavy (non-hydrogen) atoms. The highest BCUT2D eigenvalue weighted by Gasteiger charge is 2.54. The van der Waals surface area contributed by atoms with Crippen LogP contribution in [0.5, 0.6) is 0 Å². The molecule has 2 aliphatic heterocycles. The van der Waals surface area contributed by atoms with Crippen molar-refractivity contribution in [3.05, 3.63) is 71.3 Å². The molecule has 0 bridgehead atoms. The first-order valence-electron chi connectivity index (χ1n) is 11.5. The Bertz CT molecular complexity index is 1050. The quantitative estimate of drug-likeness (QED) is 0.770. The maximum Gasteiger partial charge on any atom is 0.233 e. The highest BCUT2D eigenvalue weighted by atomic mass is 19.1. The average Bonchev–Trinajstić information content (AvgIpc) is 3.40. The van der Waals surface area contributed by atoms with E-state index in [0.29, 0.717) is 32.4 Å². The summed E-state index contributed by atoms with van der Waals surface area (Å²) < 4.78 is 28.1. The van der Waals surface area contributed by atoms with Crippen molar-refractivity contribution >= 4 is 11.8 Å². The van der Waals surface area contributed by atoms with Crippen LogP contribution < -0.4 is 5.32 Å². The SMILES string of the molecule is O=C1CCC[C@]2(CN(C(=O)C3(c4cccc(F)c4)CCCC3)C[C@H]2c2cccc(F)c2)N1. The Morgan fingerprint density at radius 3 is 2.38 bits per heavy atom. The van der Waals surface area contributed by atoms with Crippen molar-refractivity contribution in [1.29, 1.82) is 0 Å². The van der Waals surface area contributed by atoms with E-state index in [0.717, 1.165) is 36.8 Å². The molecule has 5 rings (SSSR count). The molecule has 168 valence electrons. The van der Waals surface area contributed by atoms with E-state index >= 15 is 0 Å². The standard InChI is InChI=1S/C26H28F2N2O2/c27-20-8-3-6-18(14-20)22-16-30(17-26(22)13-5-10-23(31)29-26)24(32)25(11-1-2-12-25)19-7-4-9-21(28)15-19/h3-4,6-9,14-15,22H,1-2,5,10-13,16-17H2,(H,29,31)/t22-,26+/m0/s1. The molecule has 1 saturated carbocycles. The predicted octanol–water partition coefficient (Wildman–Crippen LogP) is 4.44. The van der Waals surface area contributed by atoms with Crippen molar-refractivity contribution in [2.24, 2.45) is 0 Å². The summed E-state index contributed by atoms with van der Waals surface area (Å²) in [6.07, 6.45) is 5.19. The summed E-state index contributed by atoms with van der Waals surface area (Å²) >= 11 is 0. The van der Waals surface area contributed by atoms with Crippen molar-refractivity contribution in [3.8, 4) is 0 Å². The van der Waals surface area contributed by atoms with Crippen molar-refractivity contribution in [3.63, 3.8) is 0 Å². The fourth-order valence-electron chi connectivity index (χ4n) is 6.25. The van der Waals surface area contributed by atoms with Crippen LogP contribution in [0.25, 0.3) is 0 Å². The number of likely N-dealkylation sites (tertiary alicyclic amines) is 1. The van der Waals surface area contributed by atoms with E-state index in [1.807, 2.05) is 17.0 Å². The van der Waals surface area contributed by atoms with Gasteiger partial charge >= 0.3 is 0 Å². The molecule has 2 aromatic rings. The number of carbonyl (C=O) groups excluding carboxylic acids is 2. The predicted molar refractivity (Wildman–Crippen MR) is 117 cm³/mol. The Kier molecular flexibility index (Phi) is 5.26. The number of halogens is 2. The van der Waals surface area contributed by atoms with Gasteiger partial charge in [0.25, 0.3) is 0 Å². The third-order valence-electron chi connectivity index (χ3n) is 7.74. The summed E-state index contributed by atoms with van der Waals surface area (Å²) in [5.41, 5.74) is 0.198. The highest BCUT2D eigenvalue weighted by Crippen LogP contribution is 2.47. The molecule has 0 radical (unpaired) electrons. The summed E-state index contributed by atoms with van der Waals surface area (Å²) in [5, 5.41) is 3.18. The minimum atomic E-state index is -0.737. The van der Waals surface area contributed by atoms with E-state index in [4.69, 9.17) is 0 Å². The molecule has 2 amide bonds. The van der Waals surface area contributed by atoms with Gasteiger partial charge in [-0.3, -0.25) is 9.59 Å². The van der Waals surface area contributed by atoms with Crippen molar-refractivity contribution in [1.82, 2.24) is 10.2 Å². The number of nitrogens with zero attached hydrogens (tertiary/aromatic N) is 1. The Morgan fingerprint density at radius 1 is 0.969 bits per heavy atom. The van der Waals surface area contributed by atoms with Crippen LogP contribution in [0.2, 0.25) is 0 Å². The monoisotopic (exact) mass is 438 g/mol. The third-order valence-corrected chi connectivity index (χ3v) is 7.74. The number of carbonyl (C=O) groups is 2. The molecule has 2 heterocycles. The van der Waals surface area contributed by atoms with Crippen LogP contribution in [-0.4, -0.2) is 35.3 Å². The topological polar surface area (TPSA) is 49.4 Å². The first kappa shape index (κ1) is 21.1. The molecular weight excluding hydrogens is 410 g/mol. The second-order valence-corrected chi connectivity index (χ2v) is 9.65. The lowest BCUT2D eigenvalue weighted by Gasteiger charge is -2.39. The van der Waals surface area contributed by atoms with Gasteiger partial charge < -0.3 is 10.2 Å². The van der Waals surface area contributed by atoms with Crippen LogP contribution in [0, 0.1) is 11.6 Å². The summed E-state index contributed by atoms with van der Waals surface area (Å²) in [5.74, 6) is -0.864. The zero-order valence-electron chi connectivity index (χ0n) is 18.1. The lowest BCUT2D eigenvalue weighted by molar-refractivity contribution is -0.137. The first-order valence-corrected chi connectivity index (χ1v) is 11.5. The average molecular weight is 439 g/mol. The second-order valence-electron chi connectivity index (χ2n) is 9.65. The Morgan fingerprint density at radius 2 is 1.69 bits per heavy atom. The summed E-state index contributed by atoms with van der Waals surface area (Å²) in [6.45, 7) is 0.815. The van der Waals surface area contributed by atoms with Gasteiger partial charge in [-0.05, 0) is 61.1 Å². The molecule has 0 unspecified atom stereocenters. The van der Waals surface area contributed by atoms with Gasteiger partial charge in [-0.15, -0.1) is 0 Å². The molecule has 3 aliphatic rings. The molecule has 6 heteroatoms. The van der Waals surface area contributed by atoms with Crippen molar-refractivity contribution < 1.29 is 18.4 Å². The lowest BCUT2D eigenvalue weighted by Crippen LogP contribution is -2.57.